The minimum atomic E-state index is -0.343. The summed E-state index contributed by atoms with van der Waals surface area (Å²) in [5.41, 5.74) is 0.577. The Morgan fingerprint density at radius 3 is 2.96 bits per heavy atom. The fraction of sp³-hybridized carbons (Fsp3) is 0.333. The molecule has 1 amide bonds. The normalized spacial score (nSPS) is 12.5. The maximum absolute atomic E-state index is 14.2. The molecule has 0 fully saturated rings. The van der Waals surface area contributed by atoms with Crippen molar-refractivity contribution in [3.8, 4) is 0 Å². The Balaban J connectivity index is 1.99. The van der Waals surface area contributed by atoms with Gasteiger partial charge in [0, 0.05) is 28.8 Å². The van der Waals surface area contributed by atoms with Crippen molar-refractivity contribution in [3.63, 3.8) is 0 Å². The highest BCUT2D eigenvalue weighted by Gasteiger charge is 2.22. The summed E-state index contributed by atoms with van der Waals surface area (Å²) in [4.78, 5) is 13.3. The quantitative estimate of drug-likeness (QED) is 0.698. The molecular formula is C18H20FN3O2S. The number of nitrogens with one attached hydrogen (secondary N) is 1. The molecule has 0 radical (unpaired) electrons. The number of hydrogen-bond donors (Lipinski definition) is 1. The average molecular weight is 361 g/mol. The fourth-order valence-electron chi connectivity index (χ4n) is 2.74. The van der Waals surface area contributed by atoms with Gasteiger partial charge in [0.15, 0.2) is 0 Å². The Labute approximate surface area is 149 Å². The van der Waals surface area contributed by atoms with Gasteiger partial charge in [-0.05, 0) is 25.5 Å². The van der Waals surface area contributed by atoms with Gasteiger partial charge in [0.1, 0.15) is 11.6 Å². The van der Waals surface area contributed by atoms with E-state index in [4.69, 9.17) is 4.74 Å². The van der Waals surface area contributed by atoms with Gasteiger partial charge < -0.3 is 10.1 Å². The number of carbonyl (C=O) groups is 1. The van der Waals surface area contributed by atoms with E-state index in [0.29, 0.717) is 21.6 Å². The van der Waals surface area contributed by atoms with Crippen LogP contribution in [0.2, 0.25) is 0 Å². The molecule has 3 aromatic rings. The summed E-state index contributed by atoms with van der Waals surface area (Å²) in [5.74, 6) is 0.00263. The van der Waals surface area contributed by atoms with Gasteiger partial charge in [0.2, 0.25) is 0 Å². The molecule has 0 saturated carbocycles. The van der Waals surface area contributed by atoms with E-state index in [0.717, 1.165) is 11.1 Å². The molecule has 0 aliphatic rings. The zero-order chi connectivity index (χ0) is 18.0. The molecule has 1 atom stereocenters. The smallest absolute Gasteiger partial charge is 0.267 e. The summed E-state index contributed by atoms with van der Waals surface area (Å²) in [6, 6.07) is 6.78. The number of anilines is 1. The Morgan fingerprint density at radius 1 is 1.44 bits per heavy atom. The van der Waals surface area contributed by atoms with Crippen molar-refractivity contribution in [2.45, 2.75) is 32.9 Å². The third-order valence-corrected chi connectivity index (χ3v) is 5.37. The molecule has 7 heteroatoms. The Kier molecular flexibility index (Phi) is 5.15. The Morgan fingerprint density at radius 2 is 2.24 bits per heavy atom. The van der Waals surface area contributed by atoms with Crippen LogP contribution < -0.4 is 5.32 Å². The Hall–Kier alpha value is -2.25. The molecule has 3 rings (SSSR count). The molecular weight excluding hydrogens is 341 g/mol. The fourth-order valence-corrected chi connectivity index (χ4v) is 3.86. The molecule has 5 nitrogen and oxygen atoms in total. The van der Waals surface area contributed by atoms with Gasteiger partial charge >= 0.3 is 0 Å². The van der Waals surface area contributed by atoms with Gasteiger partial charge in [-0.1, -0.05) is 13.0 Å². The third kappa shape index (κ3) is 3.29. The summed E-state index contributed by atoms with van der Waals surface area (Å²) in [5, 5.41) is 7.62. The van der Waals surface area contributed by atoms with E-state index < -0.39 is 0 Å². The molecule has 0 bridgehead atoms. The van der Waals surface area contributed by atoms with Gasteiger partial charge in [0.25, 0.3) is 5.91 Å². The first-order valence-electron chi connectivity index (χ1n) is 8.10. The van der Waals surface area contributed by atoms with Crippen LogP contribution in [0.15, 0.2) is 30.5 Å². The number of methoxy groups -OCH3 is 1. The number of fused-ring (bicyclic) bond motifs is 1. The number of halogens is 1. The predicted molar refractivity (Wildman–Crippen MR) is 97.7 cm³/mol. The van der Waals surface area contributed by atoms with Crippen LogP contribution >= 0.6 is 11.3 Å². The molecule has 1 N–H and O–H groups in total. The minimum Gasteiger partial charge on any atom is -0.380 e. The lowest BCUT2D eigenvalue weighted by Gasteiger charge is -2.14. The van der Waals surface area contributed by atoms with Crippen molar-refractivity contribution >= 4 is 33.1 Å². The van der Waals surface area contributed by atoms with E-state index in [1.807, 2.05) is 13.0 Å². The summed E-state index contributed by atoms with van der Waals surface area (Å²) in [6.07, 6.45) is 2.55. The molecule has 132 valence electrons. The van der Waals surface area contributed by atoms with Crippen LogP contribution in [-0.2, 0) is 11.3 Å². The van der Waals surface area contributed by atoms with Gasteiger partial charge in [-0.15, -0.1) is 11.3 Å². The predicted octanol–water partition coefficient (Wildman–Crippen LogP) is 4.61. The van der Waals surface area contributed by atoms with E-state index in [9.17, 15) is 9.18 Å². The van der Waals surface area contributed by atoms with E-state index in [2.05, 4.69) is 17.3 Å². The van der Waals surface area contributed by atoms with E-state index in [1.54, 1.807) is 23.0 Å². The second kappa shape index (κ2) is 7.33. The van der Waals surface area contributed by atoms with Crippen LogP contribution in [-0.4, -0.2) is 22.8 Å². The molecule has 0 aliphatic carbocycles. The van der Waals surface area contributed by atoms with Crippen LogP contribution in [0.1, 0.15) is 41.5 Å². The highest BCUT2D eigenvalue weighted by Crippen LogP contribution is 2.34. The third-order valence-electron chi connectivity index (χ3n) is 4.18. The highest BCUT2D eigenvalue weighted by molar-refractivity contribution is 7.21. The lowest BCUT2D eigenvalue weighted by molar-refractivity contribution is 0.102. The van der Waals surface area contributed by atoms with E-state index in [-0.39, 0.29) is 24.4 Å². The lowest BCUT2D eigenvalue weighted by atomic mass is 10.1. The molecule has 25 heavy (non-hydrogen) atoms. The van der Waals surface area contributed by atoms with Crippen molar-refractivity contribution in [1.29, 1.82) is 0 Å². The van der Waals surface area contributed by atoms with Crippen LogP contribution in [0.25, 0.3) is 10.1 Å². The summed E-state index contributed by atoms with van der Waals surface area (Å²) < 4.78 is 22.0. The molecule has 2 heterocycles. The highest BCUT2D eigenvalue weighted by atomic mass is 32.1. The van der Waals surface area contributed by atoms with Crippen molar-refractivity contribution in [2.75, 3.05) is 12.4 Å². The zero-order valence-electron chi connectivity index (χ0n) is 14.4. The molecule has 1 aromatic carbocycles. The largest absolute Gasteiger partial charge is 0.380 e. The van der Waals surface area contributed by atoms with Crippen molar-refractivity contribution in [3.05, 3.63) is 46.7 Å². The van der Waals surface area contributed by atoms with Crippen molar-refractivity contribution in [2.24, 2.45) is 0 Å². The number of amides is 1. The first-order valence-corrected chi connectivity index (χ1v) is 8.92. The monoisotopic (exact) mass is 361 g/mol. The SMILES string of the molecule is CCC(C)n1nccc1NC(=O)c1sc2cccc(F)c2c1COC. The first kappa shape index (κ1) is 17.6. The van der Waals surface area contributed by atoms with Gasteiger partial charge in [-0.3, -0.25) is 4.79 Å². The average Bonchev–Trinajstić information content (AvgIpc) is 3.20. The van der Waals surface area contributed by atoms with Crippen LogP contribution in [0, 0.1) is 5.82 Å². The number of nitrogens with zero attached hydrogens (tertiary/aromatic N) is 2. The summed E-state index contributed by atoms with van der Waals surface area (Å²) in [6.45, 7) is 4.27. The number of benzene rings is 1. The van der Waals surface area contributed by atoms with Crippen LogP contribution in [0.4, 0.5) is 10.2 Å². The number of ether oxygens (including phenoxy) is 1. The summed E-state index contributed by atoms with van der Waals surface area (Å²) in [7, 11) is 1.53. The standard InChI is InChI=1S/C18H20FN3O2S/c1-4-11(2)22-15(8-9-20-22)21-18(23)17-12(10-24-3)16-13(19)6-5-7-14(16)25-17/h5-9,11H,4,10H2,1-3H3,(H,21,23). The molecule has 2 aromatic heterocycles. The number of aromatic nitrogens is 2. The lowest BCUT2D eigenvalue weighted by Crippen LogP contribution is -2.17. The number of thiophene rings is 1. The molecule has 1 unspecified atom stereocenters. The summed E-state index contributed by atoms with van der Waals surface area (Å²) >= 11 is 1.27. The number of rotatable bonds is 6. The van der Waals surface area contributed by atoms with E-state index in [1.165, 1.54) is 24.5 Å². The topological polar surface area (TPSA) is 56.2 Å². The number of carbonyl (C=O) groups excluding carboxylic acids is 1. The van der Waals surface area contributed by atoms with Crippen LogP contribution in [0.5, 0.6) is 0 Å². The maximum Gasteiger partial charge on any atom is 0.267 e. The second-order valence-electron chi connectivity index (χ2n) is 5.83. The van der Waals surface area contributed by atoms with Crippen molar-refractivity contribution < 1.29 is 13.9 Å². The minimum absolute atomic E-state index is 0.170. The van der Waals surface area contributed by atoms with Crippen LogP contribution in [0.3, 0.4) is 0 Å². The maximum atomic E-state index is 14.2. The van der Waals surface area contributed by atoms with Gasteiger partial charge in [-0.25, -0.2) is 9.07 Å². The van der Waals surface area contributed by atoms with Gasteiger partial charge in [0.05, 0.1) is 23.7 Å². The van der Waals surface area contributed by atoms with E-state index >= 15 is 0 Å². The number of hydrogen-bond acceptors (Lipinski definition) is 4. The molecule has 0 aliphatic heterocycles. The Bertz CT molecular complexity index is 903. The van der Waals surface area contributed by atoms with Crippen molar-refractivity contribution in [1.82, 2.24) is 9.78 Å². The molecule has 0 saturated heterocycles. The zero-order valence-corrected chi connectivity index (χ0v) is 15.2. The van der Waals surface area contributed by atoms with Gasteiger partial charge in [-0.2, -0.15) is 5.10 Å². The first-order chi connectivity index (χ1) is 12.1. The molecule has 0 spiro atoms. The second-order valence-corrected chi connectivity index (χ2v) is 6.88.